The number of hydrogen-bond donors (Lipinski definition) is 3. The van der Waals surface area contributed by atoms with Crippen molar-refractivity contribution in [2.45, 2.75) is 238 Å². The Morgan fingerprint density at radius 2 is 0.764 bits per heavy atom. The topological polar surface area (TPSA) is 69.6 Å². The van der Waals surface area contributed by atoms with Gasteiger partial charge >= 0.3 is 0 Å². The third-order valence-electron chi connectivity index (χ3n) is 10.5. The lowest BCUT2D eigenvalue weighted by Gasteiger charge is -2.22. The largest absolute Gasteiger partial charge is 0.394 e. The third-order valence-corrected chi connectivity index (χ3v) is 10.5. The first-order chi connectivity index (χ1) is 27.2. The number of aliphatic hydroxyl groups is 2. The zero-order chi connectivity index (χ0) is 40.0. The summed E-state index contributed by atoms with van der Waals surface area (Å²) in [5.41, 5.74) is 0. The summed E-state index contributed by atoms with van der Waals surface area (Å²) >= 11 is 0. The molecule has 3 N–H and O–H groups in total. The molecule has 0 saturated heterocycles. The number of rotatable bonds is 42. The monoisotopic (exact) mass is 766 g/mol. The molecule has 4 nitrogen and oxygen atoms in total. The van der Waals surface area contributed by atoms with Crippen LogP contribution in [0.5, 0.6) is 0 Å². The molecule has 0 aliphatic rings. The normalized spacial score (nSPS) is 13.6. The van der Waals surface area contributed by atoms with Gasteiger partial charge in [0.2, 0.25) is 5.91 Å². The molecule has 0 aromatic heterocycles. The van der Waals surface area contributed by atoms with Crippen LogP contribution in [0.2, 0.25) is 0 Å². The summed E-state index contributed by atoms with van der Waals surface area (Å²) in [6, 6.07) is -0.581. The molecule has 2 unspecified atom stereocenters. The fraction of sp³-hybridized carbons (Fsp3) is 0.745. The van der Waals surface area contributed by atoms with Crippen LogP contribution in [-0.2, 0) is 4.79 Å². The highest BCUT2D eigenvalue weighted by molar-refractivity contribution is 5.76. The van der Waals surface area contributed by atoms with E-state index in [0.29, 0.717) is 19.3 Å². The van der Waals surface area contributed by atoms with Gasteiger partial charge in [-0.15, -0.1) is 0 Å². The Morgan fingerprint density at radius 3 is 1.09 bits per heavy atom. The highest BCUT2D eigenvalue weighted by Gasteiger charge is 2.19. The zero-order valence-corrected chi connectivity index (χ0v) is 36.4. The molecule has 0 heterocycles. The fourth-order valence-corrected chi connectivity index (χ4v) is 6.91. The maximum atomic E-state index is 12.4. The summed E-state index contributed by atoms with van der Waals surface area (Å²) in [7, 11) is 0. The van der Waals surface area contributed by atoms with Crippen molar-refractivity contribution in [3.63, 3.8) is 0 Å². The molecule has 4 heteroatoms. The van der Waals surface area contributed by atoms with Gasteiger partial charge in [0.25, 0.3) is 0 Å². The number of amides is 1. The van der Waals surface area contributed by atoms with Crippen molar-refractivity contribution in [2.75, 3.05) is 6.61 Å². The second-order valence-electron chi connectivity index (χ2n) is 15.8. The molecule has 0 bridgehead atoms. The van der Waals surface area contributed by atoms with Crippen molar-refractivity contribution >= 4 is 5.91 Å². The molecule has 1 amide bonds. The Bertz CT molecular complexity index is 961. The maximum Gasteiger partial charge on any atom is 0.220 e. The lowest BCUT2D eigenvalue weighted by molar-refractivity contribution is -0.123. The van der Waals surface area contributed by atoms with Crippen molar-refractivity contribution in [3.05, 3.63) is 72.9 Å². The molecule has 318 valence electrons. The van der Waals surface area contributed by atoms with Crippen LogP contribution in [-0.4, -0.2) is 34.9 Å². The number of aliphatic hydroxyl groups excluding tert-OH is 2. The second kappa shape index (κ2) is 46.2. The molecule has 0 aliphatic heterocycles. The van der Waals surface area contributed by atoms with Crippen LogP contribution in [0.4, 0.5) is 0 Å². The summed E-state index contributed by atoms with van der Waals surface area (Å²) in [5.74, 6) is -0.114. The Hall–Kier alpha value is -2.17. The molecular formula is C51H91NO3. The van der Waals surface area contributed by atoms with E-state index in [2.05, 4.69) is 86.0 Å². The summed E-state index contributed by atoms with van der Waals surface area (Å²) in [6.45, 7) is 4.22. The minimum Gasteiger partial charge on any atom is -0.394 e. The molecule has 0 fully saturated rings. The van der Waals surface area contributed by atoms with E-state index in [4.69, 9.17) is 0 Å². The summed E-state index contributed by atoms with van der Waals surface area (Å²) in [4.78, 5) is 12.4. The van der Waals surface area contributed by atoms with Gasteiger partial charge in [0, 0.05) is 6.42 Å². The van der Waals surface area contributed by atoms with Crippen LogP contribution in [0.25, 0.3) is 0 Å². The van der Waals surface area contributed by atoms with Crippen LogP contribution in [0.3, 0.4) is 0 Å². The Balaban J connectivity index is 3.60. The number of nitrogens with one attached hydrogen (secondary N) is 1. The van der Waals surface area contributed by atoms with Crippen LogP contribution < -0.4 is 5.32 Å². The van der Waals surface area contributed by atoms with Crippen molar-refractivity contribution < 1.29 is 15.0 Å². The minimum atomic E-state index is -0.695. The zero-order valence-electron chi connectivity index (χ0n) is 36.4. The molecular weight excluding hydrogens is 675 g/mol. The predicted molar refractivity (Wildman–Crippen MR) is 244 cm³/mol. The number of hydrogen-bond acceptors (Lipinski definition) is 3. The van der Waals surface area contributed by atoms with Gasteiger partial charge in [-0.2, -0.15) is 0 Å². The predicted octanol–water partition coefficient (Wildman–Crippen LogP) is 15.1. The van der Waals surface area contributed by atoms with Gasteiger partial charge in [-0.05, 0) is 51.4 Å². The van der Waals surface area contributed by atoms with Gasteiger partial charge in [0.15, 0.2) is 0 Å². The lowest BCUT2D eigenvalue weighted by atomic mass is 10.0. The van der Waals surface area contributed by atoms with E-state index in [9.17, 15) is 15.0 Å². The van der Waals surface area contributed by atoms with Gasteiger partial charge in [-0.25, -0.2) is 0 Å². The van der Waals surface area contributed by atoms with Crippen molar-refractivity contribution in [1.82, 2.24) is 5.32 Å². The quantitative estimate of drug-likeness (QED) is 0.0428. The minimum absolute atomic E-state index is 0.114. The third kappa shape index (κ3) is 42.8. The van der Waals surface area contributed by atoms with Crippen molar-refractivity contribution in [2.24, 2.45) is 0 Å². The first kappa shape index (κ1) is 52.8. The number of carbonyl (C=O) groups excluding carboxylic acids is 1. The van der Waals surface area contributed by atoms with Crippen LogP contribution >= 0.6 is 0 Å². The lowest BCUT2D eigenvalue weighted by Crippen LogP contribution is -2.45. The molecule has 0 aromatic rings. The maximum absolute atomic E-state index is 12.4. The average molecular weight is 766 g/mol. The fourth-order valence-electron chi connectivity index (χ4n) is 6.91. The molecule has 2 atom stereocenters. The van der Waals surface area contributed by atoms with E-state index in [1.54, 1.807) is 0 Å². The molecule has 0 rings (SSSR count). The number of carbonyl (C=O) groups is 1. The molecule has 0 aromatic carbocycles. The van der Waals surface area contributed by atoms with Crippen LogP contribution in [0.15, 0.2) is 72.9 Å². The summed E-state index contributed by atoms with van der Waals surface area (Å²) in [5, 5.41) is 23.2. The molecule has 55 heavy (non-hydrogen) atoms. The standard InChI is InChI=1S/C51H91NO3/c1-3-5-7-9-11-13-15-17-19-21-23-24-25-26-27-29-30-32-34-36-38-40-42-44-46-50(54)49(48-53)52-51(55)47-45-43-41-39-37-35-33-31-28-22-20-18-16-14-12-10-8-6-4-2/h6,8,12,14,18,20,28,31,35,37,41,43,49-50,53-54H,3-5,7,9-11,13,15-17,19,21-27,29-30,32-34,36,38-40,42,44-48H2,1-2H3,(H,52,55)/b8-6-,14-12-,20-18-,31-28-,37-35-,43-41-. The van der Waals surface area contributed by atoms with E-state index < -0.39 is 12.1 Å². The van der Waals surface area contributed by atoms with E-state index in [1.165, 1.54) is 141 Å². The highest BCUT2D eigenvalue weighted by Crippen LogP contribution is 2.16. The summed E-state index contributed by atoms with van der Waals surface area (Å²) < 4.78 is 0. The van der Waals surface area contributed by atoms with Crippen molar-refractivity contribution in [1.29, 1.82) is 0 Å². The van der Waals surface area contributed by atoms with Crippen LogP contribution in [0, 0.1) is 0 Å². The first-order valence-electron chi connectivity index (χ1n) is 23.6. The number of unbranched alkanes of at least 4 members (excludes halogenated alkanes) is 23. The smallest absolute Gasteiger partial charge is 0.220 e. The van der Waals surface area contributed by atoms with Gasteiger partial charge < -0.3 is 15.5 Å². The molecule has 0 aliphatic carbocycles. The van der Waals surface area contributed by atoms with Gasteiger partial charge in [-0.1, -0.05) is 241 Å². The van der Waals surface area contributed by atoms with Gasteiger partial charge in [0.1, 0.15) is 0 Å². The van der Waals surface area contributed by atoms with E-state index in [-0.39, 0.29) is 12.5 Å². The SMILES string of the molecule is CC/C=C\C/C=C\C/C=C\C/C=C\C/C=C\C/C=C\CCC(=O)NC(CO)C(O)CCCCCCCCCCCCCCCCCCCCCCCCCC. The Morgan fingerprint density at radius 1 is 0.455 bits per heavy atom. The van der Waals surface area contributed by atoms with E-state index >= 15 is 0 Å². The first-order valence-corrected chi connectivity index (χ1v) is 23.6. The van der Waals surface area contributed by atoms with Gasteiger partial charge in [0.05, 0.1) is 18.8 Å². The molecule has 0 saturated carbocycles. The van der Waals surface area contributed by atoms with Gasteiger partial charge in [-0.3, -0.25) is 4.79 Å². The average Bonchev–Trinajstić information content (AvgIpc) is 3.19. The molecule has 0 radical (unpaired) electrons. The second-order valence-corrected chi connectivity index (χ2v) is 15.8. The van der Waals surface area contributed by atoms with E-state index in [1.807, 2.05) is 6.08 Å². The molecule has 0 spiro atoms. The van der Waals surface area contributed by atoms with Crippen molar-refractivity contribution in [3.8, 4) is 0 Å². The van der Waals surface area contributed by atoms with Crippen LogP contribution in [0.1, 0.15) is 226 Å². The Labute approximate surface area is 342 Å². The summed E-state index contributed by atoms with van der Waals surface area (Å²) in [6.07, 6.45) is 65.8. The number of allylic oxidation sites excluding steroid dienone is 12. The van der Waals surface area contributed by atoms with E-state index in [0.717, 1.165) is 51.4 Å². The highest BCUT2D eigenvalue weighted by atomic mass is 16.3. The Kier molecular flexibility index (Phi) is 44.4.